The molecule has 5 nitrogen and oxygen atoms in total. The average Bonchev–Trinajstić information content (AvgIpc) is 2.97. The zero-order chi connectivity index (χ0) is 13.9. The Morgan fingerprint density at radius 1 is 1.35 bits per heavy atom. The van der Waals surface area contributed by atoms with E-state index in [2.05, 4.69) is 38.4 Å². The summed E-state index contributed by atoms with van der Waals surface area (Å²) in [5.74, 6) is 1.61. The molecule has 3 rings (SSSR count). The average molecular weight is 338 g/mol. The van der Waals surface area contributed by atoms with Crippen molar-refractivity contribution in [2.75, 3.05) is 13.2 Å². The van der Waals surface area contributed by atoms with E-state index in [1.807, 2.05) is 18.2 Å². The standard InChI is InChI=1S/C14H16BrN3O2/c1-9(16-8-10-2-3-17-18-10)11-6-13-14(7-12(11)15)20-5-4-19-13/h2-3,6-7,9,16H,4-5,8H2,1H3,(H,17,18). The lowest BCUT2D eigenvalue weighted by Crippen LogP contribution is -2.20. The molecule has 1 aromatic carbocycles. The van der Waals surface area contributed by atoms with Crippen molar-refractivity contribution < 1.29 is 9.47 Å². The van der Waals surface area contributed by atoms with Gasteiger partial charge in [0.05, 0.1) is 0 Å². The summed E-state index contributed by atoms with van der Waals surface area (Å²) in [5.41, 5.74) is 2.21. The van der Waals surface area contributed by atoms with Gasteiger partial charge in [0, 0.05) is 29.0 Å². The van der Waals surface area contributed by atoms with Crippen LogP contribution in [0.1, 0.15) is 24.2 Å². The van der Waals surface area contributed by atoms with Crippen molar-refractivity contribution in [1.82, 2.24) is 15.5 Å². The third-order valence-electron chi connectivity index (χ3n) is 3.29. The molecule has 0 spiro atoms. The summed E-state index contributed by atoms with van der Waals surface area (Å²) in [4.78, 5) is 0. The van der Waals surface area contributed by atoms with Gasteiger partial charge in [0.1, 0.15) is 13.2 Å². The predicted molar refractivity (Wildman–Crippen MR) is 79.0 cm³/mol. The number of rotatable bonds is 4. The number of aromatic nitrogens is 2. The first-order valence-corrected chi connectivity index (χ1v) is 7.34. The van der Waals surface area contributed by atoms with Crippen molar-refractivity contribution in [3.05, 3.63) is 40.1 Å². The van der Waals surface area contributed by atoms with E-state index in [-0.39, 0.29) is 6.04 Å². The number of benzene rings is 1. The number of ether oxygens (including phenoxy) is 2. The highest BCUT2D eigenvalue weighted by atomic mass is 79.9. The summed E-state index contributed by atoms with van der Waals surface area (Å²) in [6, 6.07) is 6.14. The predicted octanol–water partition coefficient (Wildman–Crippen LogP) is 2.79. The van der Waals surface area contributed by atoms with E-state index in [9.17, 15) is 0 Å². The Morgan fingerprint density at radius 2 is 2.10 bits per heavy atom. The van der Waals surface area contributed by atoms with Crippen molar-refractivity contribution >= 4 is 15.9 Å². The van der Waals surface area contributed by atoms with Crippen LogP contribution < -0.4 is 14.8 Å². The summed E-state index contributed by atoms with van der Waals surface area (Å²) in [6.45, 7) is 4.06. The molecule has 0 fully saturated rings. The first-order chi connectivity index (χ1) is 9.74. The highest BCUT2D eigenvalue weighted by Crippen LogP contribution is 2.37. The lowest BCUT2D eigenvalue weighted by molar-refractivity contribution is 0.171. The van der Waals surface area contributed by atoms with Gasteiger partial charge in [-0.15, -0.1) is 0 Å². The first kappa shape index (κ1) is 13.5. The van der Waals surface area contributed by atoms with Crippen LogP contribution in [0.15, 0.2) is 28.9 Å². The van der Waals surface area contributed by atoms with E-state index in [0.717, 1.165) is 33.8 Å². The van der Waals surface area contributed by atoms with Crippen LogP contribution in [0.4, 0.5) is 0 Å². The van der Waals surface area contributed by atoms with Crippen molar-refractivity contribution in [3.8, 4) is 11.5 Å². The second-order valence-electron chi connectivity index (χ2n) is 4.70. The van der Waals surface area contributed by atoms with Crippen molar-refractivity contribution in [2.45, 2.75) is 19.5 Å². The summed E-state index contributed by atoms with van der Waals surface area (Å²) in [6.07, 6.45) is 1.75. The van der Waals surface area contributed by atoms with Gasteiger partial charge in [-0.1, -0.05) is 15.9 Å². The maximum atomic E-state index is 5.63. The van der Waals surface area contributed by atoms with Gasteiger partial charge in [-0.2, -0.15) is 5.10 Å². The van der Waals surface area contributed by atoms with Crippen LogP contribution in [0, 0.1) is 0 Å². The minimum absolute atomic E-state index is 0.184. The lowest BCUT2D eigenvalue weighted by Gasteiger charge is -2.22. The van der Waals surface area contributed by atoms with Gasteiger partial charge < -0.3 is 14.8 Å². The third kappa shape index (κ3) is 2.81. The van der Waals surface area contributed by atoms with E-state index in [1.165, 1.54) is 0 Å². The van der Waals surface area contributed by atoms with Crippen LogP contribution in [-0.2, 0) is 6.54 Å². The fraction of sp³-hybridized carbons (Fsp3) is 0.357. The molecule has 106 valence electrons. The molecule has 1 aromatic heterocycles. The smallest absolute Gasteiger partial charge is 0.162 e. The largest absolute Gasteiger partial charge is 0.486 e. The summed E-state index contributed by atoms with van der Waals surface area (Å²) >= 11 is 3.60. The fourth-order valence-electron chi connectivity index (χ4n) is 2.17. The molecule has 0 bridgehead atoms. The molecule has 0 aliphatic carbocycles. The number of halogens is 1. The Morgan fingerprint density at radius 3 is 2.80 bits per heavy atom. The molecule has 0 saturated heterocycles. The number of nitrogens with one attached hydrogen (secondary N) is 2. The van der Waals surface area contributed by atoms with Crippen molar-refractivity contribution in [2.24, 2.45) is 0 Å². The van der Waals surface area contributed by atoms with Crippen LogP contribution in [0.25, 0.3) is 0 Å². The number of hydrogen-bond donors (Lipinski definition) is 2. The maximum absolute atomic E-state index is 5.63. The Kier molecular flexibility index (Phi) is 3.93. The zero-order valence-electron chi connectivity index (χ0n) is 11.1. The van der Waals surface area contributed by atoms with Gasteiger partial charge in [-0.25, -0.2) is 0 Å². The Hall–Kier alpha value is -1.53. The van der Waals surface area contributed by atoms with Crippen LogP contribution in [0.3, 0.4) is 0 Å². The molecule has 1 aliphatic heterocycles. The van der Waals surface area contributed by atoms with Crippen LogP contribution >= 0.6 is 15.9 Å². The van der Waals surface area contributed by atoms with E-state index < -0.39 is 0 Å². The monoisotopic (exact) mass is 337 g/mol. The number of H-pyrrole nitrogens is 1. The van der Waals surface area contributed by atoms with E-state index in [4.69, 9.17) is 9.47 Å². The molecule has 2 aromatic rings. The molecular formula is C14H16BrN3O2. The first-order valence-electron chi connectivity index (χ1n) is 6.54. The van der Waals surface area contributed by atoms with Crippen LogP contribution in [0.5, 0.6) is 11.5 Å². The normalized spacial score (nSPS) is 15.1. The molecular weight excluding hydrogens is 322 g/mol. The van der Waals surface area contributed by atoms with E-state index in [0.29, 0.717) is 13.2 Å². The minimum atomic E-state index is 0.184. The molecule has 0 radical (unpaired) electrons. The summed E-state index contributed by atoms with van der Waals surface area (Å²) in [5, 5.41) is 10.3. The van der Waals surface area contributed by atoms with Crippen molar-refractivity contribution in [1.29, 1.82) is 0 Å². The number of nitrogens with zero attached hydrogens (tertiary/aromatic N) is 1. The molecule has 0 saturated carbocycles. The zero-order valence-corrected chi connectivity index (χ0v) is 12.7. The van der Waals surface area contributed by atoms with Crippen molar-refractivity contribution in [3.63, 3.8) is 0 Å². The molecule has 2 N–H and O–H groups in total. The molecule has 1 aliphatic rings. The highest BCUT2D eigenvalue weighted by Gasteiger charge is 2.17. The highest BCUT2D eigenvalue weighted by molar-refractivity contribution is 9.10. The van der Waals surface area contributed by atoms with Crippen LogP contribution in [-0.4, -0.2) is 23.4 Å². The number of fused-ring (bicyclic) bond motifs is 1. The molecule has 1 unspecified atom stereocenters. The van der Waals surface area contributed by atoms with Gasteiger partial charge in [0.25, 0.3) is 0 Å². The molecule has 1 atom stereocenters. The van der Waals surface area contributed by atoms with Crippen LogP contribution in [0.2, 0.25) is 0 Å². The SMILES string of the molecule is CC(NCc1ccn[nH]1)c1cc2c(cc1Br)OCCO2. The number of aromatic amines is 1. The molecule has 6 heteroatoms. The Labute approximate surface area is 125 Å². The summed E-state index contributed by atoms with van der Waals surface area (Å²) in [7, 11) is 0. The van der Waals surface area contributed by atoms with Gasteiger partial charge in [-0.05, 0) is 30.7 Å². The lowest BCUT2D eigenvalue weighted by atomic mass is 10.1. The van der Waals surface area contributed by atoms with E-state index in [1.54, 1.807) is 6.20 Å². The summed E-state index contributed by atoms with van der Waals surface area (Å²) < 4.78 is 12.2. The molecule has 20 heavy (non-hydrogen) atoms. The van der Waals surface area contributed by atoms with E-state index >= 15 is 0 Å². The second kappa shape index (κ2) is 5.85. The Bertz CT molecular complexity index is 586. The topological polar surface area (TPSA) is 59.2 Å². The number of hydrogen-bond acceptors (Lipinski definition) is 4. The Balaban J connectivity index is 1.75. The van der Waals surface area contributed by atoms with Gasteiger partial charge >= 0.3 is 0 Å². The minimum Gasteiger partial charge on any atom is -0.486 e. The van der Waals surface area contributed by atoms with Gasteiger partial charge in [-0.3, -0.25) is 5.10 Å². The third-order valence-corrected chi connectivity index (χ3v) is 3.97. The quantitative estimate of drug-likeness (QED) is 0.900. The second-order valence-corrected chi connectivity index (χ2v) is 5.56. The van der Waals surface area contributed by atoms with Gasteiger partial charge in [0.15, 0.2) is 11.5 Å². The molecule has 2 heterocycles. The van der Waals surface area contributed by atoms with Gasteiger partial charge in [0.2, 0.25) is 0 Å². The fourth-order valence-corrected chi connectivity index (χ4v) is 2.83. The maximum Gasteiger partial charge on any atom is 0.162 e. The molecule has 0 amide bonds.